The minimum absolute atomic E-state index is 0.375. The fourth-order valence-corrected chi connectivity index (χ4v) is 3.31. The minimum atomic E-state index is -0.621. The van der Waals surface area contributed by atoms with E-state index in [1.165, 1.54) is 12.1 Å². The third kappa shape index (κ3) is 4.06. The van der Waals surface area contributed by atoms with Gasteiger partial charge in [-0.25, -0.2) is 14.2 Å². The van der Waals surface area contributed by atoms with Crippen molar-refractivity contribution in [3.63, 3.8) is 0 Å². The number of pyridine rings is 1. The average molecular weight is 390 g/mol. The molecule has 0 aliphatic rings. The molecule has 1 unspecified atom stereocenters. The molecule has 5 nitrogen and oxygen atoms in total. The molecule has 0 aliphatic carbocycles. The predicted molar refractivity (Wildman–Crippen MR) is 104 cm³/mol. The van der Waals surface area contributed by atoms with Crippen molar-refractivity contribution < 1.29 is 13.9 Å². The number of ether oxygens (including phenoxy) is 1. The van der Waals surface area contributed by atoms with Crippen LogP contribution in [0.1, 0.15) is 39.4 Å². The zero-order valence-electron chi connectivity index (χ0n) is 15.6. The normalized spacial score (nSPS) is 12.8. The minimum Gasteiger partial charge on any atom is -0.444 e. The Bertz CT molecular complexity index is 995. The van der Waals surface area contributed by atoms with Gasteiger partial charge in [0.25, 0.3) is 0 Å². The maximum Gasteiger partial charge on any atom is 0.408 e. The van der Waals surface area contributed by atoms with Crippen LogP contribution in [0, 0.1) is 5.82 Å². The van der Waals surface area contributed by atoms with E-state index in [0.717, 1.165) is 5.39 Å². The molecule has 3 aromatic rings. The molecule has 0 fully saturated rings. The Hall–Kier alpha value is -2.60. The first-order valence-corrected chi connectivity index (χ1v) is 8.95. The quantitative estimate of drug-likeness (QED) is 0.652. The Labute approximate surface area is 162 Å². The molecule has 1 N–H and O–H groups in total. The number of alkyl carbamates (subject to hydrolysis) is 1. The van der Waals surface area contributed by atoms with Gasteiger partial charge in [0.1, 0.15) is 17.1 Å². The van der Waals surface area contributed by atoms with E-state index >= 15 is 0 Å². The molecule has 1 atom stereocenters. The maximum absolute atomic E-state index is 13.8. The summed E-state index contributed by atoms with van der Waals surface area (Å²) in [6.07, 6.45) is 1.08. The average Bonchev–Trinajstić information content (AvgIpc) is 2.86. The fraction of sp³-hybridized carbons (Fsp3) is 0.300. The Balaban J connectivity index is 2.10. The fourth-order valence-electron chi connectivity index (χ4n) is 2.91. The molecule has 0 aliphatic heterocycles. The van der Waals surface area contributed by atoms with E-state index in [4.69, 9.17) is 16.3 Å². The lowest BCUT2D eigenvalue weighted by atomic mass is 10.2. The van der Waals surface area contributed by atoms with Crippen molar-refractivity contribution in [3.8, 4) is 5.69 Å². The van der Waals surface area contributed by atoms with Crippen molar-refractivity contribution in [1.82, 2.24) is 14.9 Å². The van der Waals surface area contributed by atoms with Gasteiger partial charge < -0.3 is 10.1 Å². The molecule has 0 saturated carbocycles. The highest BCUT2D eigenvalue weighted by molar-refractivity contribution is 6.36. The van der Waals surface area contributed by atoms with Gasteiger partial charge in [-0.3, -0.25) is 4.57 Å². The van der Waals surface area contributed by atoms with Crippen molar-refractivity contribution in [2.45, 2.75) is 39.3 Å². The number of fused-ring (bicyclic) bond motifs is 1. The second-order valence-corrected chi connectivity index (χ2v) is 7.63. The van der Waals surface area contributed by atoms with Crippen molar-refractivity contribution in [1.29, 1.82) is 0 Å². The monoisotopic (exact) mass is 389 g/mol. The summed E-state index contributed by atoms with van der Waals surface area (Å²) in [6.45, 7) is 7.16. The molecule has 0 spiro atoms. The summed E-state index contributed by atoms with van der Waals surface area (Å²) in [6, 6.07) is 9.26. The lowest BCUT2D eigenvalue weighted by molar-refractivity contribution is 0.0506. The number of nitrogens with zero attached hydrogens (tertiary/aromatic N) is 2. The van der Waals surface area contributed by atoms with Crippen LogP contribution >= 0.6 is 11.6 Å². The van der Waals surface area contributed by atoms with Crippen molar-refractivity contribution >= 4 is 28.7 Å². The highest BCUT2D eigenvalue weighted by Crippen LogP contribution is 2.36. The van der Waals surface area contributed by atoms with Gasteiger partial charge in [0.2, 0.25) is 0 Å². The number of amides is 1. The number of hydrogen-bond donors (Lipinski definition) is 1. The summed E-state index contributed by atoms with van der Waals surface area (Å²) in [5, 5.41) is 3.96. The van der Waals surface area contributed by atoms with Gasteiger partial charge in [0.05, 0.1) is 22.4 Å². The lowest BCUT2D eigenvalue weighted by Gasteiger charge is -2.23. The molecule has 0 saturated heterocycles. The van der Waals surface area contributed by atoms with Crippen LogP contribution in [0.3, 0.4) is 0 Å². The Morgan fingerprint density at radius 2 is 2.04 bits per heavy atom. The smallest absolute Gasteiger partial charge is 0.408 e. The first kappa shape index (κ1) is 19.2. The molecule has 0 bridgehead atoms. The molecule has 142 valence electrons. The maximum atomic E-state index is 13.8. The molecule has 7 heteroatoms. The Kier molecular flexibility index (Phi) is 5.11. The van der Waals surface area contributed by atoms with Crippen LogP contribution in [-0.2, 0) is 4.74 Å². The summed E-state index contributed by atoms with van der Waals surface area (Å²) >= 11 is 6.62. The van der Waals surface area contributed by atoms with Gasteiger partial charge in [0, 0.05) is 11.6 Å². The van der Waals surface area contributed by atoms with Gasteiger partial charge in [-0.1, -0.05) is 17.7 Å². The van der Waals surface area contributed by atoms with E-state index < -0.39 is 17.7 Å². The Morgan fingerprint density at radius 3 is 2.70 bits per heavy atom. The third-order valence-corrected chi connectivity index (χ3v) is 4.31. The summed E-state index contributed by atoms with van der Waals surface area (Å²) in [5.41, 5.74) is 1.13. The second kappa shape index (κ2) is 7.19. The number of carbonyl (C=O) groups is 1. The summed E-state index contributed by atoms with van der Waals surface area (Å²) in [5.74, 6) is -0.375. The molecule has 0 radical (unpaired) electrons. The molecule has 27 heavy (non-hydrogen) atoms. The van der Waals surface area contributed by atoms with E-state index in [0.29, 0.717) is 22.1 Å². The predicted octanol–water partition coefficient (Wildman–Crippen LogP) is 5.40. The first-order chi connectivity index (χ1) is 12.7. The molecule has 3 rings (SSSR count). The van der Waals surface area contributed by atoms with Gasteiger partial charge in [-0.2, -0.15) is 0 Å². The van der Waals surface area contributed by atoms with E-state index in [2.05, 4.69) is 10.3 Å². The van der Waals surface area contributed by atoms with Crippen molar-refractivity contribution in [2.24, 2.45) is 0 Å². The Morgan fingerprint density at radius 1 is 1.30 bits per heavy atom. The summed E-state index contributed by atoms with van der Waals surface area (Å²) in [4.78, 5) is 16.6. The topological polar surface area (TPSA) is 56.1 Å². The van der Waals surface area contributed by atoms with Crippen LogP contribution in [0.25, 0.3) is 16.7 Å². The number of nitrogens with one attached hydrogen (secondary N) is 1. The van der Waals surface area contributed by atoms with Crippen LogP contribution in [0.15, 0.2) is 42.6 Å². The van der Waals surface area contributed by atoms with Crippen LogP contribution < -0.4 is 5.32 Å². The number of halogens is 2. The van der Waals surface area contributed by atoms with Crippen molar-refractivity contribution in [2.75, 3.05) is 0 Å². The summed E-state index contributed by atoms with van der Waals surface area (Å²) < 4.78 is 20.9. The van der Waals surface area contributed by atoms with Gasteiger partial charge in [-0.15, -0.1) is 0 Å². The molecule has 2 heterocycles. The van der Waals surface area contributed by atoms with E-state index in [9.17, 15) is 9.18 Å². The van der Waals surface area contributed by atoms with E-state index in [-0.39, 0.29) is 5.82 Å². The highest BCUT2D eigenvalue weighted by Gasteiger charge is 2.25. The number of aromatic nitrogens is 2. The zero-order valence-corrected chi connectivity index (χ0v) is 16.3. The van der Waals surface area contributed by atoms with E-state index in [1.807, 2.05) is 6.07 Å². The first-order valence-electron chi connectivity index (χ1n) is 8.57. The highest BCUT2D eigenvalue weighted by atomic mass is 35.5. The van der Waals surface area contributed by atoms with Crippen LogP contribution in [0.5, 0.6) is 0 Å². The van der Waals surface area contributed by atoms with Crippen molar-refractivity contribution in [3.05, 3.63) is 59.1 Å². The molecular formula is C20H21ClFN3O2. The second-order valence-electron chi connectivity index (χ2n) is 7.26. The van der Waals surface area contributed by atoms with Crippen LogP contribution in [0.4, 0.5) is 9.18 Å². The largest absolute Gasteiger partial charge is 0.444 e. The van der Waals surface area contributed by atoms with E-state index in [1.54, 1.807) is 56.7 Å². The molecular weight excluding hydrogens is 369 g/mol. The third-order valence-electron chi connectivity index (χ3n) is 3.91. The number of rotatable bonds is 3. The van der Waals surface area contributed by atoms with Gasteiger partial charge >= 0.3 is 6.09 Å². The number of carbonyl (C=O) groups excluding carboxylic acids is 1. The SMILES string of the molecule is CC(NC(=O)OC(C)(C)C)c1c(Cl)c2cccnc2n1-c1cccc(F)c1. The number of hydrogen-bond acceptors (Lipinski definition) is 3. The summed E-state index contributed by atoms with van der Waals surface area (Å²) in [7, 11) is 0. The standard InChI is InChI=1S/C20H21ClFN3O2/c1-12(24-19(26)27-20(2,3)4)17-16(21)15-9-6-10-23-18(15)25(17)14-8-5-7-13(22)11-14/h5-12H,1-4H3,(H,24,26). The van der Waals surface area contributed by atoms with Crippen LogP contribution in [-0.4, -0.2) is 21.2 Å². The zero-order chi connectivity index (χ0) is 19.8. The molecule has 1 aromatic carbocycles. The molecule has 2 aromatic heterocycles. The van der Waals surface area contributed by atoms with Crippen LogP contribution in [0.2, 0.25) is 5.02 Å². The number of benzene rings is 1. The van der Waals surface area contributed by atoms with Gasteiger partial charge in [-0.05, 0) is 58.0 Å². The lowest BCUT2D eigenvalue weighted by Crippen LogP contribution is -2.34. The molecule has 1 amide bonds. The van der Waals surface area contributed by atoms with Gasteiger partial charge in [0.15, 0.2) is 0 Å².